The summed E-state index contributed by atoms with van der Waals surface area (Å²) in [4.78, 5) is 0. The number of hydrogen-bond donors (Lipinski definition) is 2. The Morgan fingerprint density at radius 2 is 1.95 bits per heavy atom. The highest BCUT2D eigenvalue weighted by atomic mass is 16.5. The normalized spacial score (nSPS) is 19.2. The van der Waals surface area contributed by atoms with Gasteiger partial charge >= 0.3 is 0 Å². The van der Waals surface area contributed by atoms with Gasteiger partial charge in [0.05, 0.1) is 11.6 Å². The van der Waals surface area contributed by atoms with E-state index in [-0.39, 0.29) is 11.6 Å². The van der Waals surface area contributed by atoms with Crippen molar-refractivity contribution in [3.05, 3.63) is 34.9 Å². The van der Waals surface area contributed by atoms with Crippen LogP contribution in [0.4, 0.5) is 0 Å². The maximum atomic E-state index is 6.13. The number of aryl methyl sites for hydroxylation is 2. The summed E-state index contributed by atoms with van der Waals surface area (Å²) in [5.41, 5.74) is 6.96. The first kappa shape index (κ1) is 15.5. The second-order valence-electron chi connectivity index (χ2n) is 6.05. The monoisotopic (exact) mass is 276 g/mol. The summed E-state index contributed by atoms with van der Waals surface area (Å²) in [7, 11) is 0. The fourth-order valence-electron chi connectivity index (χ4n) is 3.42. The molecule has 1 unspecified atom stereocenters. The lowest BCUT2D eigenvalue weighted by Gasteiger charge is -2.37. The minimum Gasteiger partial charge on any atom is -0.374 e. The molecule has 0 spiro atoms. The van der Waals surface area contributed by atoms with Crippen molar-refractivity contribution in [1.29, 1.82) is 0 Å². The minimum atomic E-state index is -0.0811. The van der Waals surface area contributed by atoms with Crippen LogP contribution < -0.4 is 11.3 Å². The molecule has 20 heavy (non-hydrogen) atoms. The van der Waals surface area contributed by atoms with Crippen LogP contribution in [0.15, 0.2) is 18.2 Å². The number of rotatable bonds is 6. The SMILES string of the molecule is CCOC1(C(Cc2ccc(C)c(C)c2)NN)CCCC1. The van der Waals surface area contributed by atoms with Crippen LogP contribution in [0, 0.1) is 13.8 Å². The Balaban J connectivity index is 2.16. The van der Waals surface area contributed by atoms with Gasteiger partial charge < -0.3 is 4.74 Å². The first-order valence-corrected chi connectivity index (χ1v) is 7.77. The van der Waals surface area contributed by atoms with Gasteiger partial charge in [0.15, 0.2) is 0 Å². The molecule has 1 saturated carbocycles. The second-order valence-corrected chi connectivity index (χ2v) is 6.05. The summed E-state index contributed by atoms with van der Waals surface area (Å²) in [5, 5.41) is 0. The molecular weight excluding hydrogens is 248 g/mol. The summed E-state index contributed by atoms with van der Waals surface area (Å²) in [5.74, 6) is 5.85. The molecule has 3 heteroatoms. The maximum absolute atomic E-state index is 6.13. The highest BCUT2D eigenvalue weighted by molar-refractivity contribution is 5.30. The Labute approximate surface area is 122 Å². The smallest absolute Gasteiger partial charge is 0.0851 e. The fraction of sp³-hybridized carbons (Fsp3) is 0.647. The molecular formula is C17H28N2O. The molecule has 1 atom stereocenters. The van der Waals surface area contributed by atoms with Gasteiger partial charge in [0, 0.05) is 6.61 Å². The molecule has 0 heterocycles. The summed E-state index contributed by atoms with van der Waals surface area (Å²) in [6.45, 7) is 7.14. The predicted molar refractivity (Wildman–Crippen MR) is 83.6 cm³/mol. The number of hydrogen-bond acceptors (Lipinski definition) is 3. The Kier molecular flexibility index (Phi) is 5.19. The molecule has 2 rings (SSSR count). The predicted octanol–water partition coefficient (Wildman–Crippen LogP) is 3.03. The maximum Gasteiger partial charge on any atom is 0.0851 e. The number of nitrogens with two attached hydrogens (primary N) is 1. The first-order valence-electron chi connectivity index (χ1n) is 7.77. The van der Waals surface area contributed by atoms with E-state index < -0.39 is 0 Å². The van der Waals surface area contributed by atoms with Crippen LogP contribution in [-0.2, 0) is 11.2 Å². The zero-order valence-electron chi connectivity index (χ0n) is 13.0. The molecule has 112 valence electrons. The van der Waals surface area contributed by atoms with Crippen molar-refractivity contribution in [1.82, 2.24) is 5.43 Å². The molecule has 0 amide bonds. The van der Waals surface area contributed by atoms with Gasteiger partial charge in [-0.05, 0) is 56.7 Å². The Hall–Kier alpha value is -0.900. The second kappa shape index (κ2) is 6.70. The molecule has 1 aliphatic carbocycles. The van der Waals surface area contributed by atoms with Crippen molar-refractivity contribution in [2.45, 2.75) is 64.5 Å². The standard InChI is InChI=1S/C17H28N2O/c1-4-20-17(9-5-6-10-17)16(19-18)12-15-8-7-13(2)14(3)11-15/h7-8,11,16,19H,4-6,9-10,12,18H2,1-3H3. The van der Waals surface area contributed by atoms with Crippen LogP contribution in [0.1, 0.15) is 49.3 Å². The van der Waals surface area contributed by atoms with E-state index in [1.807, 2.05) is 0 Å². The highest BCUT2D eigenvalue weighted by Gasteiger charge is 2.41. The van der Waals surface area contributed by atoms with E-state index in [2.05, 4.69) is 44.4 Å². The third-order valence-electron chi connectivity index (χ3n) is 4.73. The van der Waals surface area contributed by atoms with E-state index in [1.165, 1.54) is 29.5 Å². The van der Waals surface area contributed by atoms with Crippen molar-refractivity contribution in [3.8, 4) is 0 Å². The van der Waals surface area contributed by atoms with Gasteiger partial charge in [-0.2, -0.15) is 0 Å². The van der Waals surface area contributed by atoms with Gasteiger partial charge in [-0.25, -0.2) is 0 Å². The van der Waals surface area contributed by atoms with E-state index in [9.17, 15) is 0 Å². The van der Waals surface area contributed by atoms with Crippen LogP contribution in [0.3, 0.4) is 0 Å². The van der Waals surface area contributed by atoms with Gasteiger partial charge in [-0.1, -0.05) is 31.0 Å². The van der Waals surface area contributed by atoms with Gasteiger partial charge in [0.25, 0.3) is 0 Å². The van der Waals surface area contributed by atoms with Crippen LogP contribution >= 0.6 is 0 Å². The van der Waals surface area contributed by atoms with Crippen molar-refractivity contribution in [2.75, 3.05) is 6.61 Å². The molecule has 3 N–H and O–H groups in total. The summed E-state index contributed by atoms with van der Waals surface area (Å²) in [6, 6.07) is 6.86. The van der Waals surface area contributed by atoms with E-state index >= 15 is 0 Å². The van der Waals surface area contributed by atoms with Crippen molar-refractivity contribution < 1.29 is 4.74 Å². The molecule has 0 aromatic heterocycles. The van der Waals surface area contributed by atoms with E-state index in [1.54, 1.807) is 0 Å². The van der Waals surface area contributed by atoms with E-state index in [4.69, 9.17) is 10.6 Å². The zero-order chi connectivity index (χ0) is 14.6. The van der Waals surface area contributed by atoms with E-state index in [0.717, 1.165) is 25.9 Å². The number of nitrogens with one attached hydrogen (secondary N) is 1. The highest BCUT2D eigenvalue weighted by Crippen LogP contribution is 2.37. The Bertz CT molecular complexity index is 439. The van der Waals surface area contributed by atoms with Crippen LogP contribution in [-0.4, -0.2) is 18.2 Å². The fourth-order valence-corrected chi connectivity index (χ4v) is 3.42. The number of hydrazine groups is 1. The number of ether oxygens (including phenoxy) is 1. The molecule has 3 nitrogen and oxygen atoms in total. The van der Waals surface area contributed by atoms with E-state index in [0.29, 0.717) is 0 Å². The van der Waals surface area contributed by atoms with Crippen molar-refractivity contribution >= 4 is 0 Å². The van der Waals surface area contributed by atoms with Gasteiger partial charge in [-0.15, -0.1) is 0 Å². The lowest BCUT2D eigenvalue weighted by molar-refractivity contribution is -0.0613. The zero-order valence-corrected chi connectivity index (χ0v) is 13.0. The molecule has 0 radical (unpaired) electrons. The quantitative estimate of drug-likeness (QED) is 0.620. The van der Waals surface area contributed by atoms with Crippen LogP contribution in [0.5, 0.6) is 0 Å². The van der Waals surface area contributed by atoms with Crippen molar-refractivity contribution in [3.63, 3.8) is 0 Å². The lowest BCUT2D eigenvalue weighted by atomic mass is 9.87. The molecule has 0 saturated heterocycles. The minimum absolute atomic E-state index is 0.0811. The Morgan fingerprint density at radius 3 is 2.50 bits per heavy atom. The summed E-state index contributed by atoms with van der Waals surface area (Å²) in [6.07, 6.45) is 5.63. The van der Waals surface area contributed by atoms with Crippen LogP contribution in [0.2, 0.25) is 0 Å². The van der Waals surface area contributed by atoms with Gasteiger partial charge in [-0.3, -0.25) is 11.3 Å². The molecule has 1 aromatic carbocycles. The molecule has 0 bridgehead atoms. The summed E-state index contributed by atoms with van der Waals surface area (Å²) >= 11 is 0. The average Bonchev–Trinajstić information content (AvgIpc) is 2.90. The van der Waals surface area contributed by atoms with Gasteiger partial charge in [0.1, 0.15) is 0 Å². The molecule has 1 fully saturated rings. The lowest BCUT2D eigenvalue weighted by Crippen LogP contribution is -2.54. The largest absolute Gasteiger partial charge is 0.374 e. The third-order valence-corrected chi connectivity index (χ3v) is 4.73. The topological polar surface area (TPSA) is 47.3 Å². The first-order chi connectivity index (χ1) is 9.61. The molecule has 1 aliphatic rings. The summed E-state index contributed by atoms with van der Waals surface area (Å²) < 4.78 is 6.13. The Morgan fingerprint density at radius 1 is 1.25 bits per heavy atom. The van der Waals surface area contributed by atoms with Crippen molar-refractivity contribution in [2.24, 2.45) is 5.84 Å². The molecule has 1 aromatic rings. The molecule has 0 aliphatic heterocycles. The van der Waals surface area contributed by atoms with Gasteiger partial charge in [0.2, 0.25) is 0 Å². The third kappa shape index (κ3) is 3.22. The number of benzene rings is 1. The van der Waals surface area contributed by atoms with Crippen LogP contribution in [0.25, 0.3) is 0 Å². The average molecular weight is 276 g/mol.